The maximum Gasteiger partial charge on any atom is 0.342 e. The molecular weight excluding hydrogens is 1060 g/mol. The van der Waals surface area contributed by atoms with Crippen molar-refractivity contribution < 1.29 is 90.5 Å². The number of ether oxygens (including phenoxy) is 10. The van der Waals surface area contributed by atoms with Crippen LogP contribution in [0.4, 0.5) is 0 Å². The average molecular weight is 1140 g/mol. The summed E-state index contributed by atoms with van der Waals surface area (Å²) in [7, 11) is 0. The largest absolute Gasteiger partial charge is 0.498 e. The lowest BCUT2D eigenvalue weighted by Crippen LogP contribution is -2.30. The Labute approximate surface area is 480 Å². The van der Waals surface area contributed by atoms with Crippen molar-refractivity contribution in [3.63, 3.8) is 0 Å². The summed E-state index contributed by atoms with van der Waals surface area (Å²) in [5, 5.41) is 0. The van der Waals surface area contributed by atoms with Gasteiger partial charge in [0.2, 0.25) is 0 Å². The minimum absolute atomic E-state index is 0.00113. The van der Waals surface area contributed by atoms with Crippen molar-refractivity contribution in [1.29, 1.82) is 0 Å². The van der Waals surface area contributed by atoms with Crippen LogP contribution in [0.1, 0.15) is 176 Å². The van der Waals surface area contributed by atoms with Crippen LogP contribution in [-0.4, -0.2) is 93.4 Å². The van der Waals surface area contributed by atoms with E-state index in [1.807, 2.05) is 13.8 Å². The van der Waals surface area contributed by atoms with Crippen LogP contribution in [-0.2, 0) is 62.0 Å². The molecule has 19 nitrogen and oxygen atoms in total. The van der Waals surface area contributed by atoms with Crippen LogP contribution in [0.2, 0.25) is 0 Å². The second kappa shape index (κ2) is 33.6. The SMILES string of the molecule is C=CC(=O)OCCCCOC(=O)C1CCC(C(=O)Oc2ccc(OC(=O)C3CCC(C(=O)Oc4ccc(OC(=O)C5CCC(C(OCCCCOC(=O)C=C)=C6CC6)CC5)c(C(=O)OCCCC)c4)CC3)cc2C(=O)OCCCC)CC1. The molecule has 2 aromatic carbocycles. The predicted molar refractivity (Wildman–Crippen MR) is 296 cm³/mol. The molecule has 0 saturated heterocycles. The van der Waals surface area contributed by atoms with Gasteiger partial charge in [0, 0.05) is 18.1 Å². The molecule has 4 aliphatic carbocycles. The number of benzene rings is 2. The first-order chi connectivity index (χ1) is 39.7. The minimum Gasteiger partial charge on any atom is -0.498 e. The van der Waals surface area contributed by atoms with E-state index in [1.165, 1.54) is 42.0 Å². The standard InChI is InChI=1S/C63H80O19/c1-5-9-33-77-62(71)50-39-48(29-31-52(50)81-60(69)46-19-17-42(18-20-46)56(41-15-16-41)75-37-13-11-35-73-54(64)7-3)79-58(67)44-25-27-45(28-26-44)59(68)80-49-30-32-53(51(40-49)63(72)78-34-10-6-2)82-61(70)47-23-21-43(22-24-47)57(66)76-38-14-12-36-74-55(65)8-4/h7-8,29-32,39-40,42-47H,3-6,9-28,33-38H2,1-2H3. The lowest BCUT2D eigenvalue weighted by molar-refractivity contribution is -0.152. The first kappa shape index (κ1) is 63.9. The van der Waals surface area contributed by atoms with Crippen LogP contribution in [0.5, 0.6) is 23.0 Å². The summed E-state index contributed by atoms with van der Waals surface area (Å²) < 4.78 is 55.9. The number of hydrogen-bond acceptors (Lipinski definition) is 19. The van der Waals surface area contributed by atoms with E-state index in [0.29, 0.717) is 110 Å². The normalized spacial score (nSPS) is 20.1. The molecule has 0 heterocycles. The quantitative estimate of drug-likeness (QED) is 0.0170. The number of allylic oxidation sites excluding steroid dienone is 2. The van der Waals surface area contributed by atoms with Gasteiger partial charge >= 0.3 is 53.7 Å². The summed E-state index contributed by atoms with van der Waals surface area (Å²) in [6, 6.07) is 8.34. The molecule has 4 saturated carbocycles. The summed E-state index contributed by atoms with van der Waals surface area (Å²) in [4.78, 5) is 116. The van der Waals surface area contributed by atoms with E-state index in [0.717, 1.165) is 62.9 Å². The van der Waals surface area contributed by atoms with Crippen LogP contribution in [0.3, 0.4) is 0 Å². The fourth-order valence-corrected chi connectivity index (χ4v) is 10.1. The monoisotopic (exact) mass is 1140 g/mol. The fraction of sp³-hybridized carbons (Fsp3) is 0.571. The van der Waals surface area contributed by atoms with Gasteiger partial charge in [0.25, 0.3) is 0 Å². The third kappa shape index (κ3) is 20.3. The van der Waals surface area contributed by atoms with Gasteiger partial charge in [-0.3, -0.25) is 24.0 Å². The molecule has 0 bridgehead atoms. The van der Waals surface area contributed by atoms with Gasteiger partial charge in [0.15, 0.2) is 0 Å². The molecule has 4 fully saturated rings. The Balaban J connectivity index is 0.981. The topological polar surface area (TPSA) is 246 Å². The van der Waals surface area contributed by atoms with Gasteiger partial charge in [-0.1, -0.05) is 39.8 Å². The van der Waals surface area contributed by atoms with E-state index in [4.69, 9.17) is 47.4 Å². The number of esters is 9. The molecule has 2 aromatic rings. The van der Waals surface area contributed by atoms with Crippen LogP contribution >= 0.6 is 0 Å². The molecule has 0 aromatic heterocycles. The molecule has 446 valence electrons. The van der Waals surface area contributed by atoms with E-state index in [2.05, 4.69) is 13.2 Å². The summed E-state index contributed by atoms with van der Waals surface area (Å²) in [5.74, 6) is -6.20. The van der Waals surface area contributed by atoms with Crippen LogP contribution < -0.4 is 18.9 Å². The highest BCUT2D eigenvalue weighted by molar-refractivity contribution is 5.95. The van der Waals surface area contributed by atoms with Gasteiger partial charge in [-0.25, -0.2) is 19.2 Å². The molecule has 6 rings (SSSR count). The van der Waals surface area contributed by atoms with Crippen molar-refractivity contribution in [3.05, 3.63) is 84.2 Å². The molecule has 0 unspecified atom stereocenters. The van der Waals surface area contributed by atoms with Crippen LogP contribution in [0.25, 0.3) is 0 Å². The number of rotatable bonds is 31. The predicted octanol–water partition coefficient (Wildman–Crippen LogP) is 11.0. The Morgan fingerprint density at radius 2 is 0.732 bits per heavy atom. The highest BCUT2D eigenvalue weighted by atomic mass is 16.6. The molecule has 19 heteroatoms. The van der Waals surface area contributed by atoms with Crippen molar-refractivity contribution in [2.45, 2.75) is 155 Å². The van der Waals surface area contributed by atoms with Gasteiger partial charge in [-0.05, 0) is 170 Å². The Morgan fingerprint density at radius 1 is 0.402 bits per heavy atom. The Morgan fingerprint density at radius 3 is 1.10 bits per heavy atom. The van der Waals surface area contributed by atoms with E-state index < -0.39 is 71.4 Å². The number of hydrogen-bond donors (Lipinski definition) is 0. The summed E-state index contributed by atoms with van der Waals surface area (Å²) in [5.41, 5.74) is 1.15. The van der Waals surface area contributed by atoms with Gasteiger partial charge in [-0.15, -0.1) is 0 Å². The van der Waals surface area contributed by atoms with Crippen molar-refractivity contribution >= 4 is 53.7 Å². The fourth-order valence-electron chi connectivity index (χ4n) is 10.1. The third-order valence-electron chi connectivity index (χ3n) is 15.1. The second-order valence-electron chi connectivity index (χ2n) is 21.3. The maximum absolute atomic E-state index is 13.6. The molecule has 0 aliphatic heterocycles. The van der Waals surface area contributed by atoms with E-state index in [9.17, 15) is 43.2 Å². The Bertz CT molecular complexity index is 2580. The third-order valence-corrected chi connectivity index (χ3v) is 15.1. The van der Waals surface area contributed by atoms with Gasteiger partial charge in [-0.2, -0.15) is 0 Å². The maximum atomic E-state index is 13.6. The van der Waals surface area contributed by atoms with Crippen LogP contribution in [0, 0.1) is 35.5 Å². The van der Waals surface area contributed by atoms with Crippen molar-refractivity contribution in [2.24, 2.45) is 35.5 Å². The number of unbranched alkanes of at least 4 members (excludes halogenated alkanes) is 4. The van der Waals surface area contributed by atoms with Crippen molar-refractivity contribution in [2.75, 3.05) is 39.6 Å². The molecule has 4 aliphatic rings. The Hall–Kier alpha value is -7.31. The zero-order valence-electron chi connectivity index (χ0n) is 47.6. The highest BCUT2D eigenvalue weighted by Gasteiger charge is 2.37. The van der Waals surface area contributed by atoms with Crippen LogP contribution in [0.15, 0.2) is 73.0 Å². The second-order valence-corrected chi connectivity index (χ2v) is 21.3. The van der Waals surface area contributed by atoms with E-state index in [-0.39, 0.29) is 78.4 Å². The highest BCUT2D eigenvalue weighted by Crippen LogP contribution is 2.43. The van der Waals surface area contributed by atoms with Crippen molar-refractivity contribution in [1.82, 2.24) is 0 Å². The smallest absolute Gasteiger partial charge is 0.342 e. The molecular formula is C63H80O19. The zero-order valence-corrected chi connectivity index (χ0v) is 47.6. The number of carbonyl (C=O) groups is 9. The molecule has 0 N–H and O–H groups in total. The van der Waals surface area contributed by atoms with E-state index in [1.54, 1.807) is 0 Å². The first-order valence-corrected chi connectivity index (χ1v) is 29.3. The molecule has 0 amide bonds. The molecule has 0 atom stereocenters. The summed E-state index contributed by atoms with van der Waals surface area (Å²) in [6.45, 7) is 12.1. The molecule has 82 heavy (non-hydrogen) atoms. The number of carbonyl (C=O) groups excluding carboxylic acids is 9. The van der Waals surface area contributed by atoms with Gasteiger partial charge < -0.3 is 47.4 Å². The lowest BCUT2D eigenvalue weighted by atomic mass is 9.80. The average Bonchev–Trinajstić information content (AvgIpc) is 4.44. The summed E-state index contributed by atoms with van der Waals surface area (Å²) in [6.07, 6.45) is 14.8. The molecule has 0 spiro atoms. The first-order valence-electron chi connectivity index (χ1n) is 29.3. The zero-order chi connectivity index (χ0) is 58.8. The summed E-state index contributed by atoms with van der Waals surface area (Å²) >= 11 is 0. The lowest BCUT2D eigenvalue weighted by Gasteiger charge is -2.29. The van der Waals surface area contributed by atoms with E-state index >= 15 is 0 Å². The van der Waals surface area contributed by atoms with Crippen molar-refractivity contribution in [3.8, 4) is 23.0 Å². The van der Waals surface area contributed by atoms with Gasteiger partial charge in [0.05, 0.1) is 75.0 Å². The van der Waals surface area contributed by atoms with Gasteiger partial charge in [0.1, 0.15) is 34.1 Å². The Kier molecular flexibility index (Phi) is 26.1. The molecule has 0 radical (unpaired) electrons. The minimum atomic E-state index is -0.762.